The van der Waals surface area contributed by atoms with Crippen LogP contribution in [0.3, 0.4) is 0 Å². The molecule has 0 saturated carbocycles. The van der Waals surface area contributed by atoms with Gasteiger partial charge in [-0.05, 0) is 6.07 Å². The van der Waals surface area contributed by atoms with Crippen LogP contribution in [-0.2, 0) is 22.6 Å². The van der Waals surface area contributed by atoms with Crippen molar-refractivity contribution in [1.82, 2.24) is 9.88 Å². The summed E-state index contributed by atoms with van der Waals surface area (Å²) in [4.78, 5) is 18.0. The fourth-order valence-electron chi connectivity index (χ4n) is 2.09. The van der Waals surface area contributed by atoms with E-state index in [0.29, 0.717) is 18.2 Å². The van der Waals surface area contributed by atoms with E-state index in [9.17, 15) is 13.6 Å². The molecule has 0 aliphatic rings. The molecule has 0 atom stereocenters. The van der Waals surface area contributed by atoms with Gasteiger partial charge in [0.05, 0.1) is 13.5 Å². The van der Waals surface area contributed by atoms with Crippen LogP contribution in [-0.4, -0.2) is 29.5 Å². The third-order valence-corrected chi connectivity index (χ3v) is 4.05. The first kappa shape index (κ1) is 17.3. The van der Waals surface area contributed by atoms with Gasteiger partial charge in [0.1, 0.15) is 0 Å². The van der Waals surface area contributed by atoms with Gasteiger partial charge in [0.15, 0.2) is 16.8 Å². The van der Waals surface area contributed by atoms with Crippen molar-refractivity contribution in [1.29, 1.82) is 0 Å². The fourth-order valence-corrected chi connectivity index (χ4v) is 2.82. The number of esters is 1. The lowest BCUT2D eigenvalue weighted by molar-refractivity contribution is -0.141. The normalized spacial score (nSPS) is 11.0. The van der Waals surface area contributed by atoms with Crippen LogP contribution in [0.25, 0.3) is 0 Å². The number of nitrogens with zero attached hydrogens (tertiary/aromatic N) is 2. The van der Waals surface area contributed by atoms with E-state index in [1.807, 2.05) is 4.90 Å². The predicted molar refractivity (Wildman–Crippen MR) is 83.6 cm³/mol. The maximum absolute atomic E-state index is 13.8. The Morgan fingerprint density at radius 2 is 2.17 bits per heavy atom. The average molecular weight is 341 g/mol. The zero-order valence-corrected chi connectivity index (χ0v) is 13.4. The molecule has 0 aliphatic heterocycles. The number of thiazole rings is 1. The monoisotopic (exact) mass is 341 g/mol. The quantitative estimate of drug-likeness (QED) is 0.784. The number of nitrogens with two attached hydrogens (primary N) is 1. The zero-order valence-electron chi connectivity index (χ0n) is 12.6. The van der Waals surface area contributed by atoms with Crippen molar-refractivity contribution in [3.63, 3.8) is 0 Å². The number of ether oxygens (including phenoxy) is 1. The first-order valence-corrected chi connectivity index (χ1v) is 7.73. The molecule has 1 heterocycles. The van der Waals surface area contributed by atoms with E-state index >= 15 is 0 Å². The lowest BCUT2D eigenvalue weighted by atomic mass is 10.2. The van der Waals surface area contributed by atoms with Crippen LogP contribution in [0.1, 0.15) is 16.9 Å². The molecule has 0 amide bonds. The summed E-state index contributed by atoms with van der Waals surface area (Å²) in [7, 11) is 1.31. The van der Waals surface area contributed by atoms with Gasteiger partial charge in [-0.25, -0.2) is 13.8 Å². The van der Waals surface area contributed by atoms with Gasteiger partial charge in [0.2, 0.25) is 0 Å². The molecule has 2 aromatic rings. The lowest BCUT2D eigenvalue weighted by Crippen LogP contribution is -2.26. The molecule has 0 spiro atoms. The second-order valence-electron chi connectivity index (χ2n) is 4.91. The summed E-state index contributed by atoms with van der Waals surface area (Å²) < 4.78 is 31.8. The summed E-state index contributed by atoms with van der Waals surface area (Å²) in [5, 5.41) is 0.435. The van der Waals surface area contributed by atoms with Crippen LogP contribution < -0.4 is 5.73 Å². The third kappa shape index (κ3) is 4.97. The molecule has 0 aliphatic carbocycles. The molecule has 23 heavy (non-hydrogen) atoms. The van der Waals surface area contributed by atoms with Crippen LogP contribution in [0.15, 0.2) is 24.4 Å². The van der Waals surface area contributed by atoms with E-state index in [1.165, 1.54) is 30.6 Å². The molecule has 5 nitrogen and oxygen atoms in total. The van der Waals surface area contributed by atoms with Gasteiger partial charge in [0.25, 0.3) is 0 Å². The van der Waals surface area contributed by atoms with Crippen molar-refractivity contribution in [2.45, 2.75) is 19.5 Å². The average Bonchev–Trinajstić information content (AvgIpc) is 2.94. The van der Waals surface area contributed by atoms with Gasteiger partial charge >= 0.3 is 5.97 Å². The highest BCUT2D eigenvalue weighted by atomic mass is 32.1. The second kappa shape index (κ2) is 7.98. The fraction of sp³-hybridized carbons (Fsp3) is 0.333. The highest BCUT2D eigenvalue weighted by molar-refractivity contribution is 7.15. The number of carbonyl (C=O) groups is 1. The van der Waals surface area contributed by atoms with Gasteiger partial charge in [-0.3, -0.25) is 9.69 Å². The van der Waals surface area contributed by atoms with Crippen LogP contribution in [0.5, 0.6) is 0 Å². The van der Waals surface area contributed by atoms with Gasteiger partial charge in [0, 0.05) is 36.3 Å². The van der Waals surface area contributed by atoms with Crippen molar-refractivity contribution in [3.05, 3.63) is 46.5 Å². The number of methoxy groups -OCH3 is 1. The lowest BCUT2D eigenvalue weighted by Gasteiger charge is -2.21. The summed E-state index contributed by atoms with van der Waals surface area (Å²) >= 11 is 1.31. The van der Waals surface area contributed by atoms with Crippen LogP contribution in [0.4, 0.5) is 13.9 Å². The third-order valence-electron chi connectivity index (χ3n) is 3.24. The van der Waals surface area contributed by atoms with Crippen LogP contribution in [0, 0.1) is 11.6 Å². The molecule has 0 unspecified atom stereocenters. The molecular weight excluding hydrogens is 324 g/mol. The second-order valence-corrected chi connectivity index (χ2v) is 6.06. The SMILES string of the molecule is COC(=O)CCN(Cc1cnc(N)s1)Cc1cccc(F)c1F. The number of anilines is 1. The summed E-state index contributed by atoms with van der Waals surface area (Å²) in [5.74, 6) is -2.13. The smallest absolute Gasteiger partial charge is 0.306 e. The largest absolute Gasteiger partial charge is 0.469 e. The van der Waals surface area contributed by atoms with Crippen molar-refractivity contribution >= 4 is 22.4 Å². The highest BCUT2D eigenvalue weighted by Crippen LogP contribution is 2.20. The molecule has 124 valence electrons. The Balaban J connectivity index is 2.11. The first-order valence-electron chi connectivity index (χ1n) is 6.92. The number of hydrogen-bond acceptors (Lipinski definition) is 6. The maximum Gasteiger partial charge on any atom is 0.306 e. The number of carbonyl (C=O) groups excluding carboxylic acids is 1. The van der Waals surface area contributed by atoms with E-state index in [0.717, 1.165) is 10.9 Å². The maximum atomic E-state index is 13.8. The Bertz CT molecular complexity index is 678. The number of halogens is 2. The van der Waals surface area contributed by atoms with Crippen molar-refractivity contribution in [3.8, 4) is 0 Å². The van der Waals surface area contributed by atoms with E-state index in [-0.39, 0.29) is 24.5 Å². The molecule has 0 saturated heterocycles. The predicted octanol–water partition coefficient (Wildman–Crippen LogP) is 2.57. The summed E-state index contributed by atoms with van der Waals surface area (Å²) in [6.07, 6.45) is 1.79. The van der Waals surface area contributed by atoms with E-state index < -0.39 is 11.6 Å². The highest BCUT2D eigenvalue weighted by Gasteiger charge is 2.15. The Hall–Kier alpha value is -2.06. The topological polar surface area (TPSA) is 68.5 Å². The number of benzene rings is 1. The summed E-state index contributed by atoms with van der Waals surface area (Å²) in [6, 6.07) is 4.04. The first-order chi connectivity index (χ1) is 11.0. The Labute approximate surface area is 136 Å². The minimum atomic E-state index is -0.891. The minimum absolute atomic E-state index is 0.154. The molecule has 2 rings (SSSR count). The van der Waals surface area contributed by atoms with Crippen LogP contribution >= 0.6 is 11.3 Å². The molecule has 8 heteroatoms. The number of rotatable bonds is 7. The molecule has 1 aromatic carbocycles. The molecule has 0 bridgehead atoms. The van der Waals surface area contributed by atoms with Gasteiger partial charge in [-0.1, -0.05) is 12.1 Å². The molecule has 1 aromatic heterocycles. The van der Waals surface area contributed by atoms with Gasteiger partial charge in [-0.2, -0.15) is 0 Å². The number of aromatic nitrogens is 1. The van der Waals surface area contributed by atoms with Crippen molar-refractivity contribution < 1.29 is 18.3 Å². The van der Waals surface area contributed by atoms with E-state index in [2.05, 4.69) is 9.72 Å². The van der Waals surface area contributed by atoms with Gasteiger partial charge < -0.3 is 10.5 Å². The van der Waals surface area contributed by atoms with Crippen molar-refractivity contribution in [2.75, 3.05) is 19.4 Å². The summed E-state index contributed by atoms with van der Waals surface area (Å²) in [5.41, 5.74) is 5.83. The van der Waals surface area contributed by atoms with Gasteiger partial charge in [-0.15, -0.1) is 11.3 Å². The zero-order chi connectivity index (χ0) is 16.8. The van der Waals surface area contributed by atoms with Crippen LogP contribution in [0.2, 0.25) is 0 Å². The number of hydrogen-bond donors (Lipinski definition) is 1. The standard InChI is InChI=1S/C15H17F2N3O2S/c1-22-13(21)5-6-20(9-11-7-19-15(18)23-11)8-10-3-2-4-12(16)14(10)17/h2-4,7H,5-6,8-9H2,1H3,(H2,18,19). The minimum Gasteiger partial charge on any atom is -0.469 e. The molecule has 2 N–H and O–H groups in total. The van der Waals surface area contributed by atoms with E-state index in [1.54, 1.807) is 6.20 Å². The molecule has 0 fully saturated rings. The Morgan fingerprint density at radius 3 is 2.83 bits per heavy atom. The Kier molecular flexibility index (Phi) is 6.00. The van der Waals surface area contributed by atoms with E-state index in [4.69, 9.17) is 5.73 Å². The summed E-state index contributed by atoms with van der Waals surface area (Å²) in [6.45, 7) is 0.945. The number of nitrogen functional groups attached to an aromatic ring is 1. The molecule has 0 radical (unpaired) electrons. The Morgan fingerprint density at radius 1 is 1.39 bits per heavy atom. The van der Waals surface area contributed by atoms with Crippen molar-refractivity contribution in [2.24, 2.45) is 0 Å². The molecular formula is C15H17F2N3O2S.